The van der Waals surface area contributed by atoms with Crippen LogP contribution >= 0.6 is 0 Å². The molecule has 0 amide bonds. The summed E-state index contributed by atoms with van der Waals surface area (Å²) in [5, 5.41) is 4.58. The second-order valence-corrected chi connectivity index (χ2v) is 7.15. The maximum Gasteiger partial charge on any atom is 0.250 e. The van der Waals surface area contributed by atoms with Crippen LogP contribution in [0.15, 0.2) is 59.9 Å². The normalized spacial score (nSPS) is 11.1. The van der Waals surface area contributed by atoms with Gasteiger partial charge >= 0.3 is 0 Å². The number of aryl methyl sites for hydroxylation is 5. The summed E-state index contributed by atoms with van der Waals surface area (Å²) in [7, 11) is 0. The summed E-state index contributed by atoms with van der Waals surface area (Å²) in [5.41, 5.74) is 6.08. The monoisotopic (exact) mass is 388 g/mol. The minimum Gasteiger partial charge on any atom is -0.334 e. The van der Waals surface area contributed by atoms with Gasteiger partial charge in [0.2, 0.25) is 0 Å². The van der Waals surface area contributed by atoms with Gasteiger partial charge in [-0.3, -0.25) is 9.48 Å². The Kier molecular flexibility index (Phi) is 5.37. The van der Waals surface area contributed by atoms with Crippen molar-refractivity contribution in [3.05, 3.63) is 88.2 Å². The molecule has 1 aromatic carbocycles. The third-order valence-electron chi connectivity index (χ3n) is 5.00. The van der Waals surface area contributed by atoms with Gasteiger partial charge in [-0.05, 0) is 19.9 Å². The van der Waals surface area contributed by atoms with E-state index < -0.39 is 0 Å². The zero-order chi connectivity index (χ0) is 20.2. The van der Waals surface area contributed by atoms with E-state index >= 15 is 0 Å². The van der Waals surface area contributed by atoms with Gasteiger partial charge in [-0.15, -0.1) is 0 Å². The van der Waals surface area contributed by atoms with Gasteiger partial charge in [0.15, 0.2) is 0 Å². The molecular formula is C22H24N6O. The van der Waals surface area contributed by atoms with Gasteiger partial charge in [-0.25, -0.2) is 9.97 Å². The number of rotatable bonds is 7. The van der Waals surface area contributed by atoms with Gasteiger partial charge in [0.1, 0.15) is 0 Å². The fourth-order valence-corrected chi connectivity index (χ4v) is 3.59. The van der Waals surface area contributed by atoms with Gasteiger partial charge in [-0.2, -0.15) is 5.10 Å². The molecule has 0 saturated heterocycles. The number of hydrogen-bond acceptors (Lipinski definition) is 4. The summed E-state index contributed by atoms with van der Waals surface area (Å²) < 4.78 is 4.20. The second-order valence-electron chi connectivity index (χ2n) is 7.15. The summed E-state index contributed by atoms with van der Waals surface area (Å²) in [4.78, 5) is 23.0. The number of H-pyrrole nitrogens is 1. The first kappa shape index (κ1) is 18.9. The Morgan fingerprint density at radius 3 is 2.55 bits per heavy atom. The van der Waals surface area contributed by atoms with Crippen LogP contribution < -0.4 is 5.56 Å². The van der Waals surface area contributed by atoms with Crippen molar-refractivity contribution in [3.8, 4) is 11.3 Å². The van der Waals surface area contributed by atoms with Crippen molar-refractivity contribution >= 4 is 0 Å². The first-order valence-corrected chi connectivity index (χ1v) is 9.74. The molecule has 29 heavy (non-hydrogen) atoms. The third kappa shape index (κ3) is 4.34. The zero-order valence-corrected chi connectivity index (χ0v) is 16.7. The molecule has 0 aliphatic carbocycles. The standard InChI is InChI=1S/C22H24N6O/c1-16-12-17(2)28(26-16)11-9-20-22(18-6-4-3-5-7-18)25-15-27(20)10-8-19-13-21(29)24-14-23-19/h3-7,12-15H,8-11H2,1-2H3,(H,23,24,29). The van der Waals surface area contributed by atoms with Crippen molar-refractivity contribution < 1.29 is 0 Å². The van der Waals surface area contributed by atoms with Crippen molar-refractivity contribution in [2.75, 3.05) is 0 Å². The van der Waals surface area contributed by atoms with E-state index in [1.54, 1.807) is 6.07 Å². The van der Waals surface area contributed by atoms with Crippen LogP contribution in [0.25, 0.3) is 11.3 Å². The fraction of sp³-hybridized carbons (Fsp3) is 0.273. The number of imidazole rings is 1. The van der Waals surface area contributed by atoms with Crippen molar-refractivity contribution in [3.63, 3.8) is 0 Å². The number of hydrogen-bond donors (Lipinski definition) is 1. The van der Waals surface area contributed by atoms with Gasteiger partial charge in [-0.1, -0.05) is 30.3 Å². The first-order valence-electron chi connectivity index (χ1n) is 9.74. The molecule has 0 unspecified atom stereocenters. The van der Waals surface area contributed by atoms with Crippen LogP contribution in [0.4, 0.5) is 0 Å². The van der Waals surface area contributed by atoms with Gasteiger partial charge in [0.25, 0.3) is 5.56 Å². The predicted octanol–water partition coefficient (Wildman–Crippen LogP) is 2.93. The minimum absolute atomic E-state index is 0.129. The highest BCUT2D eigenvalue weighted by molar-refractivity contribution is 5.61. The van der Waals surface area contributed by atoms with Crippen molar-refractivity contribution in [1.82, 2.24) is 29.3 Å². The molecule has 1 N–H and O–H groups in total. The molecule has 4 aromatic rings. The molecule has 7 heteroatoms. The van der Waals surface area contributed by atoms with E-state index in [9.17, 15) is 4.79 Å². The molecule has 0 atom stereocenters. The Morgan fingerprint density at radius 1 is 1.00 bits per heavy atom. The van der Waals surface area contributed by atoms with E-state index in [0.29, 0.717) is 13.0 Å². The lowest BCUT2D eigenvalue weighted by atomic mass is 10.1. The molecule has 0 aliphatic rings. The van der Waals surface area contributed by atoms with E-state index in [2.05, 4.69) is 44.8 Å². The lowest BCUT2D eigenvalue weighted by Gasteiger charge is -2.11. The minimum atomic E-state index is -0.129. The van der Waals surface area contributed by atoms with Crippen LogP contribution in [0.1, 0.15) is 22.8 Å². The van der Waals surface area contributed by atoms with E-state index in [-0.39, 0.29) is 5.56 Å². The van der Waals surface area contributed by atoms with Crippen molar-refractivity contribution in [2.24, 2.45) is 0 Å². The smallest absolute Gasteiger partial charge is 0.250 e. The predicted molar refractivity (Wildman–Crippen MR) is 112 cm³/mol. The average molecular weight is 388 g/mol. The quantitative estimate of drug-likeness (QED) is 0.528. The van der Waals surface area contributed by atoms with E-state index in [0.717, 1.165) is 47.0 Å². The topological polar surface area (TPSA) is 81.4 Å². The van der Waals surface area contributed by atoms with Crippen LogP contribution in [0, 0.1) is 13.8 Å². The highest BCUT2D eigenvalue weighted by Crippen LogP contribution is 2.23. The molecule has 0 saturated carbocycles. The molecule has 4 rings (SSSR count). The second kappa shape index (κ2) is 8.26. The number of benzene rings is 1. The van der Waals surface area contributed by atoms with Crippen molar-refractivity contribution in [1.29, 1.82) is 0 Å². The number of aromatic amines is 1. The average Bonchev–Trinajstić information content (AvgIpc) is 3.27. The van der Waals surface area contributed by atoms with Crippen LogP contribution in [0.2, 0.25) is 0 Å². The Morgan fingerprint density at radius 2 is 1.83 bits per heavy atom. The number of aromatic nitrogens is 6. The van der Waals surface area contributed by atoms with Crippen molar-refractivity contribution in [2.45, 2.75) is 39.8 Å². The summed E-state index contributed by atoms with van der Waals surface area (Å²) >= 11 is 0. The Balaban J connectivity index is 1.61. The molecular weight excluding hydrogens is 364 g/mol. The maximum absolute atomic E-state index is 11.5. The van der Waals surface area contributed by atoms with Gasteiger partial charge in [0, 0.05) is 54.6 Å². The zero-order valence-electron chi connectivity index (χ0n) is 16.7. The van der Waals surface area contributed by atoms with E-state index in [4.69, 9.17) is 4.98 Å². The molecule has 7 nitrogen and oxygen atoms in total. The fourth-order valence-electron chi connectivity index (χ4n) is 3.59. The highest BCUT2D eigenvalue weighted by atomic mass is 16.1. The molecule has 0 fully saturated rings. The number of nitrogens with zero attached hydrogens (tertiary/aromatic N) is 5. The molecule has 148 valence electrons. The SMILES string of the molecule is Cc1cc(C)n(CCc2c(-c3ccccc3)ncn2CCc2cc(=O)[nH]cn2)n1. The van der Waals surface area contributed by atoms with E-state index in [1.807, 2.05) is 36.1 Å². The van der Waals surface area contributed by atoms with Crippen LogP contribution in [0.3, 0.4) is 0 Å². The maximum atomic E-state index is 11.5. The lowest BCUT2D eigenvalue weighted by molar-refractivity contribution is 0.565. The first-order chi connectivity index (χ1) is 14.1. The Hall–Kier alpha value is -3.48. The van der Waals surface area contributed by atoms with E-state index in [1.165, 1.54) is 6.33 Å². The van der Waals surface area contributed by atoms with Crippen LogP contribution in [-0.4, -0.2) is 29.3 Å². The summed E-state index contributed by atoms with van der Waals surface area (Å²) in [6, 6.07) is 13.9. The Labute approximate surface area is 169 Å². The Bertz CT molecular complexity index is 1160. The van der Waals surface area contributed by atoms with Crippen LogP contribution in [0.5, 0.6) is 0 Å². The summed E-state index contributed by atoms with van der Waals surface area (Å²) in [6.45, 7) is 5.59. The molecule has 3 aromatic heterocycles. The van der Waals surface area contributed by atoms with Gasteiger partial charge in [0.05, 0.1) is 24.0 Å². The summed E-state index contributed by atoms with van der Waals surface area (Å²) in [6.07, 6.45) is 4.81. The molecule has 0 aliphatic heterocycles. The molecule has 3 heterocycles. The number of nitrogens with one attached hydrogen (secondary N) is 1. The lowest BCUT2D eigenvalue weighted by Crippen LogP contribution is -2.12. The third-order valence-corrected chi connectivity index (χ3v) is 5.00. The van der Waals surface area contributed by atoms with Crippen LogP contribution in [-0.2, 0) is 25.9 Å². The molecule has 0 bridgehead atoms. The molecule has 0 spiro atoms. The highest BCUT2D eigenvalue weighted by Gasteiger charge is 2.14. The largest absolute Gasteiger partial charge is 0.334 e. The summed E-state index contributed by atoms with van der Waals surface area (Å²) in [5.74, 6) is 0. The molecule has 0 radical (unpaired) electrons. The van der Waals surface area contributed by atoms with Gasteiger partial charge < -0.3 is 9.55 Å².